The normalized spacial score (nSPS) is 13.8. The molecule has 20 heavy (non-hydrogen) atoms. The molecule has 2 heterocycles. The minimum Gasteiger partial charge on any atom is -0.298 e. The first-order chi connectivity index (χ1) is 9.49. The lowest BCUT2D eigenvalue weighted by molar-refractivity contribution is -0.121. The Bertz CT molecular complexity index is 568. The van der Waals surface area contributed by atoms with E-state index in [1.54, 1.807) is 12.4 Å². The highest BCUT2D eigenvalue weighted by Crippen LogP contribution is 2.24. The maximum atomic E-state index is 12.6. The average Bonchev–Trinajstić information content (AvgIpc) is 2.45. The van der Waals surface area contributed by atoms with Crippen LogP contribution in [0.15, 0.2) is 36.7 Å². The van der Waals surface area contributed by atoms with E-state index in [0.29, 0.717) is 0 Å². The van der Waals surface area contributed by atoms with Gasteiger partial charge in [-0.2, -0.15) is 0 Å². The predicted molar refractivity (Wildman–Crippen MR) is 79.8 cm³/mol. The number of hydrogen-bond acceptors (Lipinski definition) is 3. The molecule has 104 valence electrons. The van der Waals surface area contributed by atoms with Crippen molar-refractivity contribution in [2.45, 2.75) is 39.5 Å². The third kappa shape index (κ3) is 3.10. The SMILES string of the molecule is Cc1ccnc(C(C)C(=O)C(C)c2cc(C)ccn2)c1. The van der Waals surface area contributed by atoms with Gasteiger partial charge in [-0.3, -0.25) is 14.8 Å². The number of hydrogen-bond donors (Lipinski definition) is 0. The molecule has 2 atom stereocenters. The first-order valence-corrected chi connectivity index (χ1v) is 6.88. The average molecular weight is 268 g/mol. The number of nitrogens with zero attached hydrogens (tertiary/aromatic N) is 2. The van der Waals surface area contributed by atoms with Crippen LogP contribution >= 0.6 is 0 Å². The van der Waals surface area contributed by atoms with E-state index in [-0.39, 0.29) is 17.6 Å². The highest BCUT2D eigenvalue weighted by Gasteiger charge is 2.24. The quantitative estimate of drug-likeness (QED) is 0.851. The molecule has 0 amide bonds. The molecule has 2 aromatic heterocycles. The maximum Gasteiger partial charge on any atom is 0.150 e. The Balaban J connectivity index is 2.22. The Morgan fingerprint density at radius 3 is 1.65 bits per heavy atom. The molecule has 2 unspecified atom stereocenters. The summed E-state index contributed by atoms with van der Waals surface area (Å²) in [5.74, 6) is -0.277. The van der Waals surface area contributed by atoms with Gasteiger partial charge in [0.1, 0.15) is 5.78 Å². The van der Waals surface area contributed by atoms with E-state index in [0.717, 1.165) is 22.5 Å². The van der Waals surface area contributed by atoms with Crippen molar-refractivity contribution in [2.75, 3.05) is 0 Å². The number of carbonyl (C=O) groups is 1. The standard InChI is InChI=1S/C17H20N2O/c1-11-5-7-18-15(9-11)13(3)17(20)14(4)16-10-12(2)6-8-19-16/h5-10,13-14H,1-4H3. The van der Waals surface area contributed by atoms with Gasteiger partial charge in [0.15, 0.2) is 0 Å². The van der Waals surface area contributed by atoms with Gasteiger partial charge in [0.25, 0.3) is 0 Å². The van der Waals surface area contributed by atoms with Gasteiger partial charge in [-0.05, 0) is 63.1 Å². The van der Waals surface area contributed by atoms with Gasteiger partial charge in [-0.15, -0.1) is 0 Å². The fourth-order valence-corrected chi connectivity index (χ4v) is 2.26. The zero-order valence-electron chi connectivity index (χ0n) is 12.4. The monoisotopic (exact) mass is 268 g/mol. The van der Waals surface area contributed by atoms with Crippen LogP contribution in [-0.2, 0) is 4.79 Å². The summed E-state index contributed by atoms with van der Waals surface area (Å²) in [6, 6.07) is 7.82. The van der Waals surface area contributed by atoms with E-state index >= 15 is 0 Å². The number of carbonyl (C=O) groups excluding carboxylic acids is 1. The molecule has 3 heteroatoms. The summed E-state index contributed by atoms with van der Waals surface area (Å²) < 4.78 is 0. The fourth-order valence-electron chi connectivity index (χ4n) is 2.26. The van der Waals surface area contributed by atoms with Crippen LogP contribution in [0.5, 0.6) is 0 Å². The van der Waals surface area contributed by atoms with Crippen molar-refractivity contribution >= 4 is 5.78 Å². The molecule has 0 aliphatic rings. The third-order valence-corrected chi connectivity index (χ3v) is 3.61. The summed E-state index contributed by atoms with van der Waals surface area (Å²) in [7, 11) is 0. The maximum absolute atomic E-state index is 12.6. The van der Waals surface area contributed by atoms with Crippen LogP contribution in [0.1, 0.15) is 48.2 Å². The number of pyridine rings is 2. The van der Waals surface area contributed by atoms with Gasteiger partial charge in [0.2, 0.25) is 0 Å². The topological polar surface area (TPSA) is 42.9 Å². The van der Waals surface area contributed by atoms with Crippen LogP contribution in [-0.4, -0.2) is 15.8 Å². The largest absolute Gasteiger partial charge is 0.298 e. The molecule has 0 saturated heterocycles. The number of aromatic nitrogens is 2. The molecule has 0 bridgehead atoms. The van der Waals surface area contributed by atoms with Crippen LogP contribution in [0.3, 0.4) is 0 Å². The van der Waals surface area contributed by atoms with Crippen LogP contribution in [0.25, 0.3) is 0 Å². The molecule has 0 aliphatic carbocycles. The second kappa shape index (κ2) is 5.95. The summed E-state index contributed by atoms with van der Waals surface area (Å²) >= 11 is 0. The number of Topliss-reactive ketones (excluding diaryl/α,β-unsaturated/α-hetero) is 1. The zero-order chi connectivity index (χ0) is 14.7. The zero-order valence-corrected chi connectivity index (χ0v) is 12.4. The van der Waals surface area contributed by atoms with E-state index in [9.17, 15) is 4.79 Å². The Labute approximate surface area is 120 Å². The lowest BCUT2D eigenvalue weighted by atomic mass is 9.89. The van der Waals surface area contributed by atoms with Crippen LogP contribution in [0, 0.1) is 13.8 Å². The van der Waals surface area contributed by atoms with E-state index in [1.807, 2.05) is 52.0 Å². The van der Waals surface area contributed by atoms with E-state index < -0.39 is 0 Å². The highest BCUT2D eigenvalue weighted by atomic mass is 16.1. The molecular formula is C17H20N2O. The van der Waals surface area contributed by atoms with Crippen LogP contribution < -0.4 is 0 Å². The van der Waals surface area contributed by atoms with Gasteiger partial charge >= 0.3 is 0 Å². The van der Waals surface area contributed by atoms with Gasteiger partial charge in [0, 0.05) is 12.4 Å². The molecule has 2 rings (SSSR count). The van der Waals surface area contributed by atoms with Crippen molar-refractivity contribution in [3.63, 3.8) is 0 Å². The lowest BCUT2D eigenvalue weighted by Crippen LogP contribution is -2.18. The minimum atomic E-state index is -0.216. The second-order valence-electron chi connectivity index (χ2n) is 5.36. The van der Waals surface area contributed by atoms with Crippen molar-refractivity contribution in [3.05, 3.63) is 59.2 Å². The van der Waals surface area contributed by atoms with E-state index in [4.69, 9.17) is 0 Å². The molecular weight excluding hydrogens is 248 g/mol. The molecule has 0 aliphatic heterocycles. The Morgan fingerprint density at radius 1 is 0.900 bits per heavy atom. The Hall–Kier alpha value is -2.03. The summed E-state index contributed by atoms with van der Waals surface area (Å²) in [6.45, 7) is 7.84. The minimum absolute atomic E-state index is 0.154. The number of ketones is 1. The van der Waals surface area contributed by atoms with Crippen molar-refractivity contribution in [1.82, 2.24) is 9.97 Å². The Kier molecular flexibility index (Phi) is 4.28. The highest BCUT2D eigenvalue weighted by molar-refractivity contribution is 5.90. The van der Waals surface area contributed by atoms with E-state index in [1.165, 1.54) is 0 Å². The van der Waals surface area contributed by atoms with Crippen molar-refractivity contribution in [3.8, 4) is 0 Å². The smallest absolute Gasteiger partial charge is 0.150 e. The first-order valence-electron chi connectivity index (χ1n) is 6.88. The lowest BCUT2D eigenvalue weighted by Gasteiger charge is -2.16. The summed E-state index contributed by atoms with van der Waals surface area (Å²) in [5.41, 5.74) is 3.90. The van der Waals surface area contributed by atoms with E-state index in [2.05, 4.69) is 9.97 Å². The molecule has 0 aromatic carbocycles. The summed E-state index contributed by atoms with van der Waals surface area (Å²) in [5, 5.41) is 0. The molecule has 0 fully saturated rings. The number of rotatable bonds is 4. The fraction of sp³-hybridized carbons (Fsp3) is 0.353. The molecule has 0 saturated carbocycles. The summed E-state index contributed by atoms with van der Waals surface area (Å²) in [4.78, 5) is 21.2. The molecule has 3 nitrogen and oxygen atoms in total. The van der Waals surface area contributed by atoms with Gasteiger partial charge < -0.3 is 0 Å². The third-order valence-electron chi connectivity index (χ3n) is 3.61. The molecule has 0 spiro atoms. The number of aryl methyl sites for hydroxylation is 2. The first kappa shape index (κ1) is 14.4. The molecule has 0 N–H and O–H groups in total. The van der Waals surface area contributed by atoms with Crippen LogP contribution in [0.2, 0.25) is 0 Å². The summed E-state index contributed by atoms with van der Waals surface area (Å²) in [6.07, 6.45) is 3.51. The molecule has 0 radical (unpaired) electrons. The van der Waals surface area contributed by atoms with Gasteiger partial charge in [0.05, 0.1) is 23.2 Å². The van der Waals surface area contributed by atoms with Crippen molar-refractivity contribution in [2.24, 2.45) is 0 Å². The van der Waals surface area contributed by atoms with Crippen LogP contribution in [0.4, 0.5) is 0 Å². The Morgan fingerprint density at radius 2 is 1.30 bits per heavy atom. The van der Waals surface area contributed by atoms with Crippen molar-refractivity contribution in [1.29, 1.82) is 0 Å². The molecule has 2 aromatic rings. The van der Waals surface area contributed by atoms with Crippen molar-refractivity contribution < 1.29 is 4.79 Å². The van der Waals surface area contributed by atoms with Gasteiger partial charge in [-0.1, -0.05) is 0 Å². The predicted octanol–water partition coefficient (Wildman–Crippen LogP) is 3.57. The van der Waals surface area contributed by atoms with Gasteiger partial charge in [-0.25, -0.2) is 0 Å². The second-order valence-corrected chi connectivity index (χ2v) is 5.36.